The van der Waals surface area contributed by atoms with Crippen molar-refractivity contribution in [2.45, 2.75) is 6.92 Å². The van der Waals surface area contributed by atoms with Crippen molar-refractivity contribution < 1.29 is 8.78 Å². The Kier molecular flexibility index (Phi) is 2.99. The summed E-state index contributed by atoms with van der Waals surface area (Å²) in [7, 11) is 1.69. The third-order valence-corrected chi connectivity index (χ3v) is 2.39. The van der Waals surface area contributed by atoms with Crippen LogP contribution in [-0.2, 0) is 0 Å². The lowest BCUT2D eigenvalue weighted by Gasteiger charge is -2.07. The highest BCUT2D eigenvalue weighted by atomic mass is 19.2. The van der Waals surface area contributed by atoms with Gasteiger partial charge in [-0.25, -0.2) is 18.7 Å². The van der Waals surface area contributed by atoms with Crippen molar-refractivity contribution in [3.63, 3.8) is 0 Å². The second-order valence-corrected chi connectivity index (χ2v) is 3.60. The zero-order valence-corrected chi connectivity index (χ0v) is 9.46. The van der Waals surface area contributed by atoms with Gasteiger partial charge in [0.2, 0.25) is 5.95 Å². The molecule has 0 saturated carbocycles. The van der Waals surface area contributed by atoms with Crippen molar-refractivity contribution in [1.82, 2.24) is 9.97 Å². The van der Waals surface area contributed by atoms with Gasteiger partial charge >= 0.3 is 0 Å². The number of hydrogen-bond acceptors (Lipinski definition) is 3. The zero-order chi connectivity index (χ0) is 12.4. The van der Waals surface area contributed by atoms with Gasteiger partial charge in [0.25, 0.3) is 0 Å². The van der Waals surface area contributed by atoms with Crippen LogP contribution in [0.4, 0.5) is 14.7 Å². The Bertz CT molecular complexity index is 555. The molecule has 1 aromatic carbocycles. The normalized spacial score (nSPS) is 10.4. The van der Waals surface area contributed by atoms with Crippen molar-refractivity contribution in [3.8, 4) is 11.3 Å². The number of halogens is 2. The molecule has 1 N–H and O–H groups in total. The van der Waals surface area contributed by atoms with Crippen LogP contribution >= 0.6 is 0 Å². The summed E-state index contributed by atoms with van der Waals surface area (Å²) >= 11 is 0. The highest BCUT2D eigenvalue weighted by Crippen LogP contribution is 2.23. The van der Waals surface area contributed by atoms with Gasteiger partial charge in [0.05, 0.1) is 5.69 Å². The van der Waals surface area contributed by atoms with Crippen LogP contribution in [0.25, 0.3) is 11.3 Å². The molecular weight excluding hydrogens is 224 g/mol. The molecule has 0 saturated heterocycles. The monoisotopic (exact) mass is 235 g/mol. The van der Waals surface area contributed by atoms with Crippen LogP contribution in [0.15, 0.2) is 24.4 Å². The third kappa shape index (κ3) is 2.22. The van der Waals surface area contributed by atoms with E-state index in [4.69, 9.17) is 0 Å². The molecule has 2 aromatic rings. The Morgan fingerprint density at radius 1 is 1.18 bits per heavy atom. The Balaban J connectivity index is 2.55. The lowest BCUT2D eigenvalue weighted by molar-refractivity contribution is 0.509. The van der Waals surface area contributed by atoms with Gasteiger partial charge < -0.3 is 5.32 Å². The fourth-order valence-electron chi connectivity index (χ4n) is 1.50. The summed E-state index contributed by atoms with van der Waals surface area (Å²) in [5.74, 6) is -1.31. The summed E-state index contributed by atoms with van der Waals surface area (Å²) < 4.78 is 26.0. The summed E-state index contributed by atoms with van der Waals surface area (Å²) in [6.07, 6.45) is 1.63. The molecule has 0 amide bonds. The number of aryl methyl sites for hydroxylation is 1. The first-order valence-corrected chi connectivity index (χ1v) is 5.08. The van der Waals surface area contributed by atoms with E-state index in [9.17, 15) is 8.78 Å². The first-order valence-electron chi connectivity index (χ1n) is 5.08. The first-order chi connectivity index (χ1) is 8.11. The number of rotatable bonds is 2. The van der Waals surface area contributed by atoms with Crippen molar-refractivity contribution in [3.05, 3.63) is 41.6 Å². The average Bonchev–Trinajstić information content (AvgIpc) is 2.33. The van der Waals surface area contributed by atoms with Gasteiger partial charge in [-0.15, -0.1) is 0 Å². The van der Waals surface area contributed by atoms with E-state index < -0.39 is 11.6 Å². The van der Waals surface area contributed by atoms with E-state index >= 15 is 0 Å². The first kappa shape index (κ1) is 11.4. The zero-order valence-electron chi connectivity index (χ0n) is 9.46. The van der Waals surface area contributed by atoms with Crippen LogP contribution in [0.5, 0.6) is 0 Å². The van der Waals surface area contributed by atoms with E-state index in [0.717, 1.165) is 17.7 Å². The minimum absolute atomic E-state index is 0.440. The maximum atomic E-state index is 13.1. The quantitative estimate of drug-likeness (QED) is 0.869. The van der Waals surface area contributed by atoms with Crippen molar-refractivity contribution >= 4 is 5.95 Å². The Morgan fingerprint density at radius 2 is 1.94 bits per heavy atom. The standard InChI is InChI=1S/C12H11F2N3/c1-7-6-16-12(15-2)17-11(7)8-3-4-9(13)10(14)5-8/h3-6H,1-2H3,(H,15,16,17). The van der Waals surface area contributed by atoms with Crippen molar-refractivity contribution in [2.24, 2.45) is 0 Å². The molecule has 0 fully saturated rings. The second kappa shape index (κ2) is 4.45. The molecule has 17 heavy (non-hydrogen) atoms. The molecule has 0 radical (unpaired) electrons. The maximum Gasteiger partial charge on any atom is 0.222 e. The van der Waals surface area contributed by atoms with E-state index in [1.54, 1.807) is 13.2 Å². The predicted molar refractivity (Wildman–Crippen MR) is 61.7 cm³/mol. The minimum atomic E-state index is -0.883. The van der Waals surface area contributed by atoms with Gasteiger partial charge in [-0.1, -0.05) is 0 Å². The van der Waals surface area contributed by atoms with E-state index in [1.807, 2.05) is 6.92 Å². The smallest absolute Gasteiger partial charge is 0.222 e. The number of anilines is 1. The summed E-state index contributed by atoms with van der Waals surface area (Å²) in [6.45, 7) is 1.82. The predicted octanol–water partition coefficient (Wildman–Crippen LogP) is 2.77. The molecule has 88 valence electrons. The molecule has 0 aliphatic heterocycles. The largest absolute Gasteiger partial charge is 0.357 e. The summed E-state index contributed by atoms with van der Waals surface area (Å²) in [5.41, 5.74) is 1.92. The molecular formula is C12H11F2N3. The fraction of sp³-hybridized carbons (Fsp3) is 0.167. The van der Waals surface area contributed by atoms with Gasteiger partial charge in [-0.2, -0.15) is 0 Å². The molecule has 0 aliphatic carbocycles. The summed E-state index contributed by atoms with van der Waals surface area (Å²) in [5, 5.41) is 2.80. The van der Waals surface area contributed by atoms with Gasteiger partial charge in [0.1, 0.15) is 0 Å². The molecule has 0 spiro atoms. The van der Waals surface area contributed by atoms with Crippen LogP contribution in [0.3, 0.4) is 0 Å². The van der Waals surface area contributed by atoms with Crippen LogP contribution in [-0.4, -0.2) is 17.0 Å². The molecule has 1 heterocycles. The highest BCUT2D eigenvalue weighted by molar-refractivity contribution is 5.63. The Morgan fingerprint density at radius 3 is 2.59 bits per heavy atom. The maximum absolute atomic E-state index is 13.1. The third-order valence-electron chi connectivity index (χ3n) is 2.39. The van der Waals surface area contributed by atoms with E-state index in [-0.39, 0.29) is 0 Å². The van der Waals surface area contributed by atoms with Crippen LogP contribution in [0, 0.1) is 18.6 Å². The molecule has 2 rings (SSSR count). The summed E-state index contributed by atoms with van der Waals surface area (Å²) in [6, 6.07) is 3.71. The van der Waals surface area contributed by atoms with Gasteiger partial charge in [0.15, 0.2) is 11.6 Å². The molecule has 5 heteroatoms. The molecule has 3 nitrogen and oxygen atoms in total. The van der Waals surface area contributed by atoms with Crippen LogP contribution in [0.1, 0.15) is 5.56 Å². The molecule has 1 aromatic heterocycles. The van der Waals surface area contributed by atoms with Crippen LogP contribution in [0.2, 0.25) is 0 Å². The number of aromatic nitrogens is 2. The Labute approximate surface area is 97.5 Å². The number of nitrogens with one attached hydrogen (secondary N) is 1. The van der Waals surface area contributed by atoms with E-state index in [0.29, 0.717) is 17.2 Å². The fourth-order valence-corrected chi connectivity index (χ4v) is 1.50. The molecule has 0 aliphatic rings. The van der Waals surface area contributed by atoms with Crippen molar-refractivity contribution in [2.75, 3.05) is 12.4 Å². The highest BCUT2D eigenvalue weighted by Gasteiger charge is 2.09. The van der Waals surface area contributed by atoms with Crippen molar-refractivity contribution in [1.29, 1.82) is 0 Å². The van der Waals surface area contributed by atoms with Crippen LogP contribution < -0.4 is 5.32 Å². The Hall–Kier alpha value is -2.04. The number of benzene rings is 1. The second-order valence-electron chi connectivity index (χ2n) is 3.60. The average molecular weight is 235 g/mol. The molecule has 0 bridgehead atoms. The molecule has 0 unspecified atom stereocenters. The number of hydrogen-bond donors (Lipinski definition) is 1. The van der Waals surface area contributed by atoms with Gasteiger partial charge in [-0.05, 0) is 30.7 Å². The minimum Gasteiger partial charge on any atom is -0.357 e. The topological polar surface area (TPSA) is 37.8 Å². The SMILES string of the molecule is CNc1ncc(C)c(-c2ccc(F)c(F)c2)n1. The van der Waals surface area contributed by atoms with Gasteiger partial charge in [0, 0.05) is 18.8 Å². The van der Waals surface area contributed by atoms with E-state index in [2.05, 4.69) is 15.3 Å². The number of nitrogens with zero attached hydrogens (tertiary/aromatic N) is 2. The van der Waals surface area contributed by atoms with E-state index in [1.165, 1.54) is 6.07 Å². The lowest BCUT2D eigenvalue weighted by atomic mass is 10.1. The molecule has 0 atom stereocenters. The summed E-state index contributed by atoms with van der Waals surface area (Å²) in [4.78, 5) is 8.25. The van der Waals surface area contributed by atoms with Gasteiger partial charge in [-0.3, -0.25) is 0 Å². The lowest BCUT2D eigenvalue weighted by Crippen LogP contribution is -1.99.